The molecule has 1 saturated carbocycles. The van der Waals surface area contributed by atoms with Crippen LogP contribution in [-0.4, -0.2) is 48.6 Å². The van der Waals surface area contributed by atoms with Crippen molar-refractivity contribution in [2.45, 2.75) is 63.6 Å². The number of rotatable bonds is 3. The van der Waals surface area contributed by atoms with Gasteiger partial charge in [-0.1, -0.05) is 6.92 Å². The predicted molar refractivity (Wildman–Crippen MR) is 75.9 cm³/mol. The van der Waals surface area contributed by atoms with Gasteiger partial charge in [-0.05, 0) is 51.6 Å². The summed E-state index contributed by atoms with van der Waals surface area (Å²) in [5.74, 6) is 0.580. The fourth-order valence-electron chi connectivity index (χ4n) is 4.34. The van der Waals surface area contributed by atoms with Crippen LogP contribution in [0.3, 0.4) is 0 Å². The smallest absolute Gasteiger partial charge is 0.224 e. The molecule has 0 aromatic rings. The minimum atomic E-state index is 0.278. The Morgan fingerprint density at radius 3 is 2.79 bits per heavy atom. The molecule has 2 heterocycles. The molecule has 1 aliphatic carbocycles. The first-order valence-corrected chi connectivity index (χ1v) is 8.06. The largest absolute Gasteiger partial charge is 0.354 e. The quantitative estimate of drug-likeness (QED) is 0.804. The molecular weight excluding hydrogens is 238 g/mol. The third kappa shape index (κ3) is 2.65. The standard InChI is InChI=1S/C15H27N3O/c1-2-16-11-5-7-12(8-6-11)18-9-3-4-13-14(18)10-17-15(13)19/h11-14,16H,2-10H2,1H3,(H,17,19). The highest BCUT2D eigenvalue weighted by atomic mass is 16.2. The number of amides is 1. The summed E-state index contributed by atoms with van der Waals surface area (Å²) in [6.07, 6.45) is 7.49. The number of carbonyl (C=O) groups excluding carboxylic acids is 1. The Morgan fingerprint density at radius 1 is 1.26 bits per heavy atom. The zero-order valence-electron chi connectivity index (χ0n) is 12.0. The Balaban J connectivity index is 1.59. The molecule has 3 rings (SSSR count). The Hall–Kier alpha value is -0.610. The lowest BCUT2D eigenvalue weighted by molar-refractivity contribution is -0.124. The summed E-state index contributed by atoms with van der Waals surface area (Å²) in [6, 6.07) is 1.93. The number of likely N-dealkylation sites (tertiary alicyclic amines) is 1. The highest BCUT2D eigenvalue weighted by molar-refractivity contribution is 5.82. The lowest BCUT2D eigenvalue weighted by atomic mass is 9.85. The average Bonchev–Trinajstić information content (AvgIpc) is 2.82. The van der Waals surface area contributed by atoms with Crippen LogP contribution in [0.5, 0.6) is 0 Å². The van der Waals surface area contributed by atoms with Crippen molar-refractivity contribution in [2.24, 2.45) is 5.92 Å². The third-order valence-electron chi connectivity index (χ3n) is 5.30. The van der Waals surface area contributed by atoms with Gasteiger partial charge in [0.15, 0.2) is 0 Å². The molecule has 19 heavy (non-hydrogen) atoms. The minimum absolute atomic E-state index is 0.278. The van der Waals surface area contributed by atoms with E-state index in [9.17, 15) is 4.79 Å². The molecule has 2 aliphatic heterocycles. The second kappa shape index (κ2) is 5.80. The van der Waals surface area contributed by atoms with E-state index in [1.807, 2.05) is 0 Å². The number of nitrogens with zero attached hydrogens (tertiary/aromatic N) is 1. The van der Waals surface area contributed by atoms with E-state index in [0.29, 0.717) is 11.9 Å². The summed E-state index contributed by atoms with van der Waals surface area (Å²) in [4.78, 5) is 14.5. The number of hydrogen-bond acceptors (Lipinski definition) is 3. The molecule has 4 heteroatoms. The van der Waals surface area contributed by atoms with Gasteiger partial charge in [-0.3, -0.25) is 9.69 Å². The molecule has 3 aliphatic rings. The fraction of sp³-hybridized carbons (Fsp3) is 0.933. The van der Waals surface area contributed by atoms with Crippen molar-refractivity contribution in [3.63, 3.8) is 0 Å². The van der Waals surface area contributed by atoms with E-state index in [1.165, 1.54) is 38.6 Å². The molecule has 4 nitrogen and oxygen atoms in total. The van der Waals surface area contributed by atoms with Gasteiger partial charge in [-0.25, -0.2) is 0 Å². The lowest BCUT2D eigenvalue weighted by Gasteiger charge is -2.44. The van der Waals surface area contributed by atoms with Crippen molar-refractivity contribution in [1.82, 2.24) is 15.5 Å². The van der Waals surface area contributed by atoms with E-state index in [-0.39, 0.29) is 5.92 Å². The van der Waals surface area contributed by atoms with Crippen molar-refractivity contribution in [1.29, 1.82) is 0 Å². The van der Waals surface area contributed by atoms with Crippen LogP contribution >= 0.6 is 0 Å². The first-order valence-electron chi connectivity index (χ1n) is 8.06. The van der Waals surface area contributed by atoms with Crippen molar-refractivity contribution in [2.75, 3.05) is 19.6 Å². The average molecular weight is 265 g/mol. The van der Waals surface area contributed by atoms with Crippen LogP contribution in [0.2, 0.25) is 0 Å². The van der Waals surface area contributed by atoms with Crippen LogP contribution in [0.15, 0.2) is 0 Å². The molecule has 2 unspecified atom stereocenters. The summed E-state index contributed by atoms with van der Waals surface area (Å²) in [7, 11) is 0. The molecule has 2 atom stereocenters. The second-order valence-electron chi connectivity index (χ2n) is 6.36. The van der Waals surface area contributed by atoms with Crippen LogP contribution in [0.25, 0.3) is 0 Å². The highest BCUT2D eigenvalue weighted by Gasteiger charge is 2.43. The predicted octanol–water partition coefficient (Wildman–Crippen LogP) is 1.12. The molecule has 0 spiro atoms. The Bertz CT molecular complexity index is 325. The lowest BCUT2D eigenvalue weighted by Crippen LogP contribution is -2.52. The summed E-state index contributed by atoms with van der Waals surface area (Å²) >= 11 is 0. The normalized spacial score (nSPS) is 39.9. The van der Waals surface area contributed by atoms with Gasteiger partial charge in [0.25, 0.3) is 0 Å². The third-order valence-corrected chi connectivity index (χ3v) is 5.30. The Kier molecular flexibility index (Phi) is 4.08. The zero-order valence-corrected chi connectivity index (χ0v) is 12.0. The molecule has 0 radical (unpaired) electrons. The summed E-state index contributed by atoms with van der Waals surface area (Å²) < 4.78 is 0. The SMILES string of the molecule is CCNC1CCC(N2CCCC3C(=O)NCC32)CC1. The maximum Gasteiger partial charge on any atom is 0.224 e. The van der Waals surface area contributed by atoms with Crippen molar-refractivity contribution >= 4 is 5.91 Å². The monoisotopic (exact) mass is 265 g/mol. The van der Waals surface area contributed by atoms with Gasteiger partial charge in [0.2, 0.25) is 5.91 Å². The van der Waals surface area contributed by atoms with Crippen LogP contribution in [0.4, 0.5) is 0 Å². The molecule has 2 N–H and O–H groups in total. The number of carbonyl (C=O) groups is 1. The highest BCUT2D eigenvalue weighted by Crippen LogP contribution is 2.33. The second-order valence-corrected chi connectivity index (χ2v) is 6.36. The van der Waals surface area contributed by atoms with Gasteiger partial charge < -0.3 is 10.6 Å². The number of piperidine rings is 1. The van der Waals surface area contributed by atoms with Gasteiger partial charge in [0, 0.05) is 24.7 Å². The Morgan fingerprint density at radius 2 is 2.05 bits per heavy atom. The van der Waals surface area contributed by atoms with Gasteiger partial charge >= 0.3 is 0 Å². The molecule has 3 fully saturated rings. The van der Waals surface area contributed by atoms with E-state index in [1.54, 1.807) is 0 Å². The molecule has 0 bridgehead atoms. The topological polar surface area (TPSA) is 44.4 Å². The molecular formula is C15H27N3O. The van der Waals surface area contributed by atoms with Gasteiger partial charge in [-0.15, -0.1) is 0 Å². The minimum Gasteiger partial charge on any atom is -0.354 e. The molecule has 0 aromatic carbocycles. The fourth-order valence-corrected chi connectivity index (χ4v) is 4.34. The molecule has 0 aromatic heterocycles. The first-order chi connectivity index (χ1) is 9.29. The van der Waals surface area contributed by atoms with E-state index in [0.717, 1.165) is 31.6 Å². The summed E-state index contributed by atoms with van der Waals surface area (Å²) in [6.45, 7) is 5.36. The molecule has 2 saturated heterocycles. The maximum atomic E-state index is 11.8. The van der Waals surface area contributed by atoms with E-state index >= 15 is 0 Å². The number of nitrogens with one attached hydrogen (secondary N) is 2. The molecule has 108 valence electrons. The van der Waals surface area contributed by atoms with E-state index < -0.39 is 0 Å². The van der Waals surface area contributed by atoms with Crippen molar-refractivity contribution < 1.29 is 4.79 Å². The van der Waals surface area contributed by atoms with Gasteiger partial charge in [0.1, 0.15) is 0 Å². The first kappa shape index (κ1) is 13.4. The van der Waals surface area contributed by atoms with Crippen LogP contribution in [0.1, 0.15) is 45.4 Å². The molecule has 1 amide bonds. The van der Waals surface area contributed by atoms with Crippen LogP contribution < -0.4 is 10.6 Å². The zero-order chi connectivity index (χ0) is 13.2. The number of hydrogen-bond donors (Lipinski definition) is 2. The maximum absolute atomic E-state index is 11.8. The van der Waals surface area contributed by atoms with Crippen LogP contribution in [-0.2, 0) is 4.79 Å². The summed E-state index contributed by atoms with van der Waals surface area (Å²) in [5, 5.41) is 6.64. The summed E-state index contributed by atoms with van der Waals surface area (Å²) in [5.41, 5.74) is 0. The number of fused-ring (bicyclic) bond motifs is 1. The van der Waals surface area contributed by atoms with Crippen LogP contribution in [0, 0.1) is 5.92 Å². The van der Waals surface area contributed by atoms with Crippen molar-refractivity contribution in [3.05, 3.63) is 0 Å². The van der Waals surface area contributed by atoms with E-state index in [2.05, 4.69) is 22.5 Å². The van der Waals surface area contributed by atoms with Gasteiger partial charge in [0.05, 0.1) is 5.92 Å². The van der Waals surface area contributed by atoms with Crippen molar-refractivity contribution in [3.8, 4) is 0 Å². The van der Waals surface area contributed by atoms with Gasteiger partial charge in [-0.2, -0.15) is 0 Å². The Labute approximate surface area is 116 Å². The van der Waals surface area contributed by atoms with E-state index in [4.69, 9.17) is 0 Å².